The fraction of sp³-hybridized carbons (Fsp3) is 0.389. The summed E-state index contributed by atoms with van der Waals surface area (Å²) in [6.45, 7) is 1.39. The van der Waals surface area contributed by atoms with Crippen molar-refractivity contribution in [3.63, 3.8) is 0 Å². The first-order chi connectivity index (χ1) is 12.9. The van der Waals surface area contributed by atoms with E-state index in [0.717, 1.165) is 6.26 Å². The fourth-order valence-corrected chi connectivity index (χ4v) is 3.70. The summed E-state index contributed by atoms with van der Waals surface area (Å²) in [7, 11) is -3.50. The highest BCUT2D eigenvalue weighted by Gasteiger charge is 2.21. The molecular formula is C18H22N2O6S. The number of nitrogens with one attached hydrogen (secondary N) is 1. The number of ether oxygens (including phenoxy) is 2. The van der Waals surface area contributed by atoms with Gasteiger partial charge >= 0.3 is 0 Å². The molecule has 0 saturated carbocycles. The summed E-state index contributed by atoms with van der Waals surface area (Å²) in [5.74, 6) is 1.61. The molecule has 0 atom stereocenters. The number of anilines is 1. The van der Waals surface area contributed by atoms with Crippen molar-refractivity contribution < 1.29 is 27.1 Å². The average Bonchev–Trinajstić information content (AvgIpc) is 3.16. The van der Waals surface area contributed by atoms with Gasteiger partial charge in [-0.2, -0.15) is 0 Å². The Morgan fingerprint density at radius 2 is 1.96 bits per heavy atom. The number of hydrogen-bond acceptors (Lipinski definition) is 6. The Morgan fingerprint density at radius 1 is 1.19 bits per heavy atom. The van der Waals surface area contributed by atoms with Crippen LogP contribution < -0.4 is 19.1 Å². The summed E-state index contributed by atoms with van der Waals surface area (Å²) < 4.78 is 41.8. The van der Waals surface area contributed by atoms with E-state index in [9.17, 15) is 13.2 Å². The third-order valence-corrected chi connectivity index (χ3v) is 5.21. The van der Waals surface area contributed by atoms with E-state index in [1.807, 2.05) is 0 Å². The highest BCUT2D eigenvalue weighted by atomic mass is 32.2. The standard InChI is InChI=1S/C18H22N2O6S/c1-27(22,23)20(14-6-7-16-17(12-14)26-11-10-25-16)8-2-5-18(21)19-13-15-4-3-9-24-15/h3-4,6-7,9,12H,2,5,8,10-11,13H2,1H3,(H,19,21). The van der Waals surface area contributed by atoms with Crippen LogP contribution in [0.25, 0.3) is 0 Å². The number of carbonyl (C=O) groups is 1. The Balaban J connectivity index is 1.58. The molecule has 8 nitrogen and oxygen atoms in total. The van der Waals surface area contributed by atoms with Crippen LogP contribution in [-0.4, -0.2) is 40.3 Å². The summed E-state index contributed by atoms with van der Waals surface area (Å²) in [6.07, 6.45) is 3.27. The van der Waals surface area contributed by atoms with E-state index in [1.54, 1.807) is 36.6 Å². The summed E-state index contributed by atoms with van der Waals surface area (Å²) >= 11 is 0. The van der Waals surface area contributed by atoms with Gasteiger partial charge in [-0.25, -0.2) is 8.42 Å². The molecule has 1 aliphatic heterocycles. The van der Waals surface area contributed by atoms with Crippen LogP contribution in [0.15, 0.2) is 41.0 Å². The van der Waals surface area contributed by atoms with Crippen molar-refractivity contribution in [2.45, 2.75) is 19.4 Å². The van der Waals surface area contributed by atoms with Gasteiger partial charge in [0.05, 0.1) is 24.8 Å². The van der Waals surface area contributed by atoms with Crippen molar-refractivity contribution in [2.75, 3.05) is 30.3 Å². The van der Waals surface area contributed by atoms with E-state index in [-0.39, 0.29) is 18.9 Å². The van der Waals surface area contributed by atoms with Gasteiger partial charge in [-0.1, -0.05) is 0 Å². The first kappa shape index (κ1) is 19.1. The molecule has 2 heterocycles. The minimum atomic E-state index is -3.50. The highest BCUT2D eigenvalue weighted by molar-refractivity contribution is 7.92. The van der Waals surface area contributed by atoms with E-state index in [0.29, 0.717) is 49.1 Å². The van der Waals surface area contributed by atoms with Gasteiger partial charge in [0, 0.05) is 19.0 Å². The number of rotatable bonds is 8. The molecule has 1 aliphatic rings. The predicted molar refractivity (Wildman–Crippen MR) is 99.4 cm³/mol. The maximum atomic E-state index is 12.2. The van der Waals surface area contributed by atoms with Gasteiger partial charge in [0.15, 0.2) is 11.5 Å². The molecular weight excluding hydrogens is 372 g/mol. The quantitative estimate of drug-likeness (QED) is 0.734. The Bertz CT molecular complexity index is 879. The number of nitrogens with zero attached hydrogens (tertiary/aromatic N) is 1. The van der Waals surface area contributed by atoms with E-state index < -0.39 is 10.0 Å². The van der Waals surface area contributed by atoms with Crippen LogP contribution in [0.1, 0.15) is 18.6 Å². The average molecular weight is 394 g/mol. The molecule has 1 N–H and O–H groups in total. The molecule has 2 aromatic rings. The number of hydrogen-bond donors (Lipinski definition) is 1. The molecule has 1 amide bonds. The largest absolute Gasteiger partial charge is 0.486 e. The first-order valence-corrected chi connectivity index (χ1v) is 10.4. The molecule has 0 saturated heterocycles. The number of furan rings is 1. The van der Waals surface area contributed by atoms with Crippen molar-refractivity contribution >= 4 is 21.6 Å². The summed E-state index contributed by atoms with van der Waals surface area (Å²) in [4.78, 5) is 11.9. The van der Waals surface area contributed by atoms with Crippen LogP contribution in [0.3, 0.4) is 0 Å². The maximum Gasteiger partial charge on any atom is 0.232 e. The van der Waals surface area contributed by atoms with Crippen LogP contribution in [0.5, 0.6) is 11.5 Å². The van der Waals surface area contributed by atoms with Gasteiger partial charge in [0.25, 0.3) is 0 Å². The number of benzene rings is 1. The minimum absolute atomic E-state index is 0.165. The highest BCUT2D eigenvalue weighted by Crippen LogP contribution is 2.34. The van der Waals surface area contributed by atoms with Crippen molar-refractivity contribution in [3.8, 4) is 11.5 Å². The Labute approximate surface area is 158 Å². The van der Waals surface area contributed by atoms with Crippen molar-refractivity contribution in [1.29, 1.82) is 0 Å². The molecule has 27 heavy (non-hydrogen) atoms. The zero-order valence-corrected chi connectivity index (χ0v) is 15.8. The molecule has 0 radical (unpaired) electrons. The number of amides is 1. The molecule has 9 heteroatoms. The van der Waals surface area contributed by atoms with E-state index in [2.05, 4.69) is 5.32 Å². The van der Waals surface area contributed by atoms with Gasteiger partial charge in [0.2, 0.25) is 15.9 Å². The summed E-state index contributed by atoms with van der Waals surface area (Å²) in [6, 6.07) is 8.53. The minimum Gasteiger partial charge on any atom is -0.486 e. The maximum absolute atomic E-state index is 12.2. The normalized spacial score (nSPS) is 13.2. The van der Waals surface area contributed by atoms with Gasteiger partial charge in [0.1, 0.15) is 19.0 Å². The predicted octanol–water partition coefficient (Wildman–Crippen LogP) is 1.91. The smallest absolute Gasteiger partial charge is 0.232 e. The molecule has 1 aromatic heterocycles. The Morgan fingerprint density at radius 3 is 2.67 bits per heavy atom. The number of fused-ring (bicyclic) bond motifs is 1. The third kappa shape index (κ3) is 5.16. The van der Waals surface area contributed by atoms with Gasteiger partial charge in [-0.15, -0.1) is 0 Å². The fourth-order valence-electron chi connectivity index (χ4n) is 2.74. The van der Waals surface area contributed by atoms with Gasteiger partial charge in [-0.05, 0) is 30.7 Å². The third-order valence-electron chi connectivity index (χ3n) is 4.02. The summed E-state index contributed by atoms with van der Waals surface area (Å²) in [5.41, 5.74) is 0.484. The lowest BCUT2D eigenvalue weighted by atomic mass is 10.2. The van der Waals surface area contributed by atoms with Crippen LogP contribution in [0.2, 0.25) is 0 Å². The van der Waals surface area contributed by atoms with E-state index in [4.69, 9.17) is 13.9 Å². The lowest BCUT2D eigenvalue weighted by Crippen LogP contribution is -2.32. The summed E-state index contributed by atoms with van der Waals surface area (Å²) in [5, 5.41) is 2.74. The van der Waals surface area contributed by atoms with Crippen LogP contribution >= 0.6 is 0 Å². The zero-order valence-electron chi connectivity index (χ0n) is 15.0. The molecule has 0 fully saturated rings. The van der Waals surface area contributed by atoms with Crippen molar-refractivity contribution in [2.24, 2.45) is 0 Å². The van der Waals surface area contributed by atoms with E-state index in [1.165, 1.54) is 4.31 Å². The van der Waals surface area contributed by atoms with Crippen molar-refractivity contribution in [3.05, 3.63) is 42.4 Å². The van der Waals surface area contributed by atoms with Crippen LogP contribution in [-0.2, 0) is 21.4 Å². The lowest BCUT2D eigenvalue weighted by Gasteiger charge is -2.25. The molecule has 3 rings (SSSR count). The number of sulfonamides is 1. The molecule has 146 valence electrons. The molecule has 0 aliphatic carbocycles. The first-order valence-electron chi connectivity index (χ1n) is 8.60. The second kappa shape index (κ2) is 8.34. The lowest BCUT2D eigenvalue weighted by molar-refractivity contribution is -0.121. The second-order valence-electron chi connectivity index (χ2n) is 6.12. The molecule has 0 spiro atoms. The SMILES string of the molecule is CS(=O)(=O)N(CCCC(=O)NCc1ccco1)c1ccc2c(c1)OCCO2. The van der Waals surface area contributed by atoms with Gasteiger partial charge in [-0.3, -0.25) is 9.10 Å². The molecule has 1 aromatic carbocycles. The van der Waals surface area contributed by atoms with Crippen LogP contribution in [0, 0.1) is 0 Å². The molecule has 0 unspecified atom stereocenters. The van der Waals surface area contributed by atoms with Crippen LogP contribution in [0.4, 0.5) is 5.69 Å². The second-order valence-corrected chi connectivity index (χ2v) is 8.03. The molecule has 0 bridgehead atoms. The van der Waals surface area contributed by atoms with Gasteiger partial charge < -0.3 is 19.2 Å². The topological polar surface area (TPSA) is 98.1 Å². The Hall–Kier alpha value is -2.68. The van der Waals surface area contributed by atoms with E-state index >= 15 is 0 Å². The number of carbonyl (C=O) groups excluding carboxylic acids is 1. The zero-order chi connectivity index (χ0) is 19.3. The Kier molecular flexibility index (Phi) is 5.90. The monoisotopic (exact) mass is 394 g/mol. The van der Waals surface area contributed by atoms with Crippen molar-refractivity contribution in [1.82, 2.24) is 5.32 Å².